The molecule has 0 fully saturated rings. The number of likely N-dealkylation sites (N-methyl/N-ethyl adjacent to an activating group) is 1. The number of nitrogens with one attached hydrogen (secondary N) is 1. The second-order valence-electron chi connectivity index (χ2n) is 9.22. The van der Waals surface area contributed by atoms with Crippen LogP contribution in [0.5, 0.6) is 0 Å². The van der Waals surface area contributed by atoms with E-state index in [1.807, 2.05) is 32.0 Å². The SMILES string of the molecule is CCC(CC)n1c(Cc2cccs2)nc2cc(C(=O)N[C@@H](CC(C)C)C(=O)N(C)C)ccc21. The van der Waals surface area contributed by atoms with Crippen LogP contribution < -0.4 is 5.32 Å². The van der Waals surface area contributed by atoms with E-state index in [-0.39, 0.29) is 17.7 Å². The van der Waals surface area contributed by atoms with Crippen molar-refractivity contribution in [2.75, 3.05) is 14.1 Å². The van der Waals surface area contributed by atoms with Gasteiger partial charge in [0.05, 0.1) is 11.0 Å². The Hall–Kier alpha value is -2.67. The zero-order valence-corrected chi connectivity index (χ0v) is 21.4. The van der Waals surface area contributed by atoms with Gasteiger partial charge in [0.25, 0.3) is 5.91 Å². The van der Waals surface area contributed by atoms with E-state index in [9.17, 15) is 9.59 Å². The number of hydrogen-bond acceptors (Lipinski definition) is 4. The zero-order valence-electron chi connectivity index (χ0n) is 20.6. The number of carbonyl (C=O) groups is 2. The van der Waals surface area contributed by atoms with Crippen molar-refractivity contribution >= 4 is 34.2 Å². The van der Waals surface area contributed by atoms with Gasteiger partial charge in [-0.3, -0.25) is 9.59 Å². The van der Waals surface area contributed by atoms with Gasteiger partial charge in [-0.05, 0) is 54.8 Å². The fourth-order valence-corrected chi connectivity index (χ4v) is 4.99. The van der Waals surface area contributed by atoms with Gasteiger partial charge in [-0.15, -0.1) is 11.3 Å². The number of fused-ring (bicyclic) bond motifs is 1. The lowest BCUT2D eigenvalue weighted by Gasteiger charge is -2.23. The summed E-state index contributed by atoms with van der Waals surface area (Å²) in [6.07, 6.45) is 3.41. The van der Waals surface area contributed by atoms with Gasteiger partial charge >= 0.3 is 0 Å². The molecule has 2 aromatic heterocycles. The topological polar surface area (TPSA) is 67.2 Å². The van der Waals surface area contributed by atoms with Gasteiger partial charge in [-0.2, -0.15) is 0 Å². The number of hydrogen-bond donors (Lipinski definition) is 1. The highest BCUT2D eigenvalue weighted by atomic mass is 32.1. The van der Waals surface area contributed by atoms with Crippen LogP contribution >= 0.6 is 11.3 Å². The predicted octanol–water partition coefficient (Wildman–Crippen LogP) is 5.28. The lowest BCUT2D eigenvalue weighted by Crippen LogP contribution is -2.46. The first-order chi connectivity index (χ1) is 15.7. The van der Waals surface area contributed by atoms with Crippen LogP contribution in [0.1, 0.15) is 74.1 Å². The van der Waals surface area contributed by atoms with E-state index in [0.29, 0.717) is 18.0 Å². The van der Waals surface area contributed by atoms with Crippen LogP contribution in [-0.2, 0) is 11.2 Å². The monoisotopic (exact) mass is 468 g/mol. The molecule has 33 heavy (non-hydrogen) atoms. The summed E-state index contributed by atoms with van der Waals surface area (Å²) in [6, 6.07) is 9.72. The summed E-state index contributed by atoms with van der Waals surface area (Å²) in [5, 5.41) is 5.04. The number of imidazole rings is 1. The Labute approximate surface area is 201 Å². The number of benzene rings is 1. The Morgan fingerprint density at radius 3 is 2.45 bits per heavy atom. The van der Waals surface area contributed by atoms with E-state index in [1.165, 1.54) is 9.78 Å². The van der Waals surface area contributed by atoms with Gasteiger partial charge in [0, 0.05) is 37.0 Å². The molecule has 0 saturated heterocycles. The Morgan fingerprint density at radius 2 is 1.88 bits per heavy atom. The first kappa shape index (κ1) is 25.0. The van der Waals surface area contributed by atoms with Crippen LogP contribution in [0, 0.1) is 5.92 Å². The number of rotatable bonds is 10. The normalized spacial score (nSPS) is 12.5. The fourth-order valence-electron chi connectivity index (χ4n) is 4.29. The smallest absolute Gasteiger partial charge is 0.252 e. The van der Waals surface area contributed by atoms with E-state index in [1.54, 1.807) is 25.4 Å². The number of carbonyl (C=O) groups excluding carboxylic acids is 2. The largest absolute Gasteiger partial charge is 0.347 e. The predicted molar refractivity (Wildman–Crippen MR) is 136 cm³/mol. The number of amides is 2. The third-order valence-corrected chi connectivity index (χ3v) is 6.87. The maximum Gasteiger partial charge on any atom is 0.252 e. The first-order valence-corrected chi connectivity index (χ1v) is 12.7. The molecule has 2 heterocycles. The fraction of sp³-hybridized carbons (Fsp3) is 0.500. The molecule has 3 rings (SSSR count). The van der Waals surface area contributed by atoms with Crippen molar-refractivity contribution in [2.45, 2.75) is 65.5 Å². The lowest BCUT2D eigenvalue weighted by molar-refractivity contribution is -0.131. The van der Waals surface area contributed by atoms with Crippen LogP contribution in [0.3, 0.4) is 0 Å². The third-order valence-electron chi connectivity index (χ3n) is 6.00. The molecule has 0 aliphatic rings. The molecule has 0 saturated carbocycles. The average molecular weight is 469 g/mol. The van der Waals surface area contributed by atoms with Crippen LogP contribution in [0.15, 0.2) is 35.7 Å². The Balaban J connectivity index is 1.95. The minimum Gasteiger partial charge on any atom is -0.347 e. The first-order valence-electron chi connectivity index (χ1n) is 11.8. The molecule has 0 radical (unpaired) electrons. The summed E-state index contributed by atoms with van der Waals surface area (Å²) in [7, 11) is 3.43. The standard InChI is InChI=1S/C26H36N4O2S/c1-7-19(8-2)30-23-12-11-18(15-21(23)27-24(30)16-20-10-9-13-33-20)25(31)28-22(14-17(3)4)26(32)29(5)6/h9-13,15,17,19,22H,7-8,14,16H2,1-6H3,(H,28,31)/t22-/m0/s1. The minimum atomic E-state index is -0.542. The highest BCUT2D eigenvalue weighted by molar-refractivity contribution is 7.09. The Bertz CT molecular complexity index is 1080. The van der Waals surface area contributed by atoms with E-state index < -0.39 is 6.04 Å². The van der Waals surface area contributed by atoms with Crippen molar-refractivity contribution < 1.29 is 9.59 Å². The van der Waals surface area contributed by atoms with Crippen molar-refractivity contribution in [2.24, 2.45) is 5.92 Å². The highest BCUT2D eigenvalue weighted by Gasteiger charge is 2.25. The lowest BCUT2D eigenvalue weighted by atomic mass is 10.0. The third kappa shape index (κ3) is 5.82. The van der Waals surface area contributed by atoms with Gasteiger partial charge in [-0.25, -0.2) is 4.98 Å². The van der Waals surface area contributed by atoms with Crippen molar-refractivity contribution in [1.29, 1.82) is 0 Å². The quantitative estimate of drug-likeness (QED) is 0.440. The molecule has 0 aliphatic carbocycles. The Kier molecular flexibility index (Phi) is 8.30. The number of nitrogens with zero attached hydrogens (tertiary/aromatic N) is 3. The van der Waals surface area contributed by atoms with E-state index in [4.69, 9.17) is 4.98 Å². The van der Waals surface area contributed by atoms with Gasteiger partial charge in [0.2, 0.25) is 5.91 Å². The van der Waals surface area contributed by atoms with Gasteiger partial charge < -0.3 is 14.8 Å². The molecule has 0 aliphatic heterocycles. The summed E-state index contributed by atoms with van der Waals surface area (Å²) in [5.74, 6) is 0.986. The molecule has 3 aromatic rings. The van der Waals surface area contributed by atoms with Crippen LogP contribution in [0.2, 0.25) is 0 Å². The molecule has 1 aromatic carbocycles. The molecule has 0 unspecified atom stereocenters. The van der Waals surface area contributed by atoms with Crippen molar-refractivity contribution in [1.82, 2.24) is 19.8 Å². The molecule has 1 N–H and O–H groups in total. The molecule has 0 spiro atoms. The van der Waals surface area contributed by atoms with Crippen molar-refractivity contribution in [3.05, 3.63) is 52.0 Å². The van der Waals surface area contributed by atoms with Crippen LogP contribution in [0.4, 0.5) is 0 Å². The minimum absolute atomic E-state index is 0.0885. The molecule has 2 amide bonds. The number of thiophene rings is 1. The van der Waals surface area contributed by atoms with Crippen LogP contribution in [-0.4, -0.2) is 46.4 Å². The summed E-state index contributed by atoms with van der Waals surface area (Å²) in [4.78, 5) is 33.4. The molecule has 6 nitrogen and oxygen atoms in total. The zero-order chi connectivity index (χ0) is 24.1. The second kappa shape index (κ2) is 11.0. The molecular formula is C26H36N4O2S. The molecular weight excluding hydrogens is 432 g/mol. The summed E-state index contributed by atoms with van der Waals surface area (Å²) >= 11 is 1.73. The summed E-state index contributed by atoms with van der Waals surface area (Å²) in [5.41, 5.74) is 2.40. The molecule has 7 heteroatoms. The Morgan fingerprint density at radius 1 is 1.15 bits per heavy atom. The maximum atomic E-state index is 13.1. The van der Waals surface area contributed by atoms with E-state index in [2.05, 4.69) is 41.2 Å². The molecule has 0 bridgehead atoms. The number of aromatic nitrogens is 2. The average Bonchev–Trinajstić information content (AvgIpc) is 3.41. The van der Waals surface area contributed by atoms with Crippen molar-refractivity contribution in [3.8, 4) is 0 Å². The van der Waals surface area contributed by atoms with Gasteiger partial charge in [0.1, 0.15) is 11.9 Å². The second-order valence-corrected chi connectivity index (χ2v) is 10.2. The van der Waals surface area contributed by atoms with Gasteiger partial charge in [-0.1, -0.05) is 33.8 Å². The van der Waals surface area contributed by atoms with Gasteiger partial charge in [0.15, 0.2) is 0 Å². The molecule has 1 atom stereocenters. The summed E-state index contributed by atoms with van der Waals surface area (Å²) in [6.45, 7) is 8.50. The summed E-state index contributed by atoms with van der Waals surface area (Å²) < 4.78 is 2.34. The van der Waals surface area contributed by atoms with Crippen molar-refractivity contribution in [3.63, 3.8) is 0 Å². The molecule has 178 valence electrons. The highest BCUT2D eigenvalue weighted by Crippen LogP contribution is 2.28. The maximum absolute atomic E-state index is 13.1. The van der Waals surface area contributed by atoms with E-state index in [0.717, 1.165) is 36.1 Å². The van der Waals surface area contributed by atoms with Crippen LogP contribution in [0.25, 0.3) is 11.0 Å². The van der Waals surface area contributed by atoms with E-state index >= 15 is 0 Å².